The Morgan fingerprint density at radius 3 is 2.65 bits per heavy atom. The van der Waals surface area contributed by atoms with E-state index in [-0.39, 0.29) is 11.8 Å². The van der Waals surface area contributed by atoms with Crippen molar-refractivity contribution < 1.29 is 14.6 Å². The highest BCUT2D eigenvalue weighted by Gasteiger charge is 2.32. The van der Waals surface area contributed by atoms with Crippen molar-refractivity contribution in [2.75, 3.05) is 12.1 Å². The molecule has 2 aromatic carbocycles. The number of hydrogen-bond donors (Lipinski definition) is 1. The van der Waals surface area contributed by atoms with Gasteiger partial charge in [-0.05, 0) is 23.8 Å². The van der Waals surface area contributed by atoms with Crippen molar-refractivity contribution in [3.05, 3.63) is 59.1 Å². The molecule has 118 valence electrons. The number of hydrazone groups is 1. The second kappa shape index (κ2) is 6.30. The lowest BCUT2D eigenvalue weighted by Gasteiger charge is -2.24. The lowest BCUT2D eigenvalue weighted by atomic mass is 10.0. The number of rotatable bonds is 4. The van der Waals surface area contributed by atoms with Gasteiger partial charge in [-0.1, -0.05) is 41.9 Å². The van der Waals surface area contributed by atoms with Crippen LogP contribution in [0.4, 0.5) is 5.69 Å². The molecule has 1 aliphatic heterocycles. The van der Waals surface area contributed by atoms with Crippen LogP contribution in [0.15, 0.2) is 53.6 Å². The zero-order valence-electron chi connectivity index (χ0n) is 12.4. The number of ether oxygens (including phenoxy) is 1. The van der Waals surface area contributed by atoms with Crippen LogP contribution in [0.25, 0.3) is 0 Å². The fourth-order valence-electron chi connectivity index (χ4n) is 2.61. The highest BCUT2D eigenvalue weighted by Crippen LogP contribution is 2.38. The van der Waals surface area contributed by atoms with Crippen molar-refractivity contribution in [2.45, 2.75) is 12.5 Å². The normalized spacial score (nSPS) is 17.0. The van der Waals surface area contributed by atoms with Crippen LogP contribution >= 0.6 is 11.6 Å². The minimum absolute atomic E-state index is 0.130. The maximum absolute atomic E-state index is 11.3. The fraction of sp³-hybridized carbons (Fsp3) is 0.176. The first-order valence-electron chi connectivity index (χ1n) is 7.08. The van der Waals surface area contributed by atoms with Crippen LogP contribution in [0.5, 0.6) is 5.75 Å². The number of carboxylic acid groups (broad SMARTS) is 1. The Hall–Kier alpha value is -2.53. The van der Waals surface area contributed by atoms with E-state index in [4.69, 9.17) is 16.3 Å². The van der Waals surface area contributed by atoms with Crippen LogP contribution in [0, 0.1) is 0 Å². The van der Waals surface area contributed by atoms with Gasteiger partial charge < -0.3 is 9.84 Å². The lowest BCUT2D eigenvalue weighted by molar-refractivity contribution is -0.129. The average molecular weight is 331 g/mol. The third-order valence-corrected chi connectivity index (χ3v) is 4.04. The number of anilines is 1. The minimum atomic E-state index is -1.01. The van der Waals surface area contributed by atoms with Crippen LogP contribution < -0.4 is 9.75 Å². The Labute approximate surface area is 138 Å². The van der Waals surface area contributed by atoms with Gasteiger partial charge in [0.05, 0.1) is 23.9 Å². The van der Waals surface area contributed by atoms with Crippen molar-refractivity contribution in [3.63, 3.8) is 0 Å². The first kappa shape index (κ1) is 15.4. The Morgan fingerprint density at radius 1 is 1.30 bits per heavy atom. The fourth-order valence-corrected chi connectivity index (χ4v) is 2.86. The van der Waals surface area contributed by atoms with E-state index < -0.39 is 5.97 Å². The second-order valence-electron chi connectivity index (χ2n) is 5.15. The van der Waals surface area contributed by atoms with Gasteiger partial charge in [-0.25, -0.2) is 4.79 Å². The number of aliphatic carboxylic acids is 1. The van der Waals surface area contributed by atoms with Crippen molar-refractivity contribution >= 4 is 29.0 Å². The first-order chi connectivity index (χ1) is 11.1. The number of halogens is 1. The van der Waals surface area contributed by atoms with Crippen LogP contribution in [-0.4, -0.2) is 23.9 Å². The molecular formula is C17H15ClN2O3. The summed E-state index contributed by atoms with van der Waals surface area (Å²) in [5.74, 6) is -0.443. The predicted octanol–water partition coefficient (Wildman–Crippen LogP) is 3.74. The van der Waals surface area contributed by atoms with Crippen molar-refractivity contribution in [2.24, 2.45) is 5.10 Å². The summed E-state index contributed by atoms with van der Waals surface area (Å²) in [6, 6.07) is 14.8. The van der Waals surface area contributed by atoms with E-state index >= 15 is 0 Å². The molecule has 23 heavy (non-hydrogen) atoms. The second-order valence-corrected chi connectivity index (χ2v) is 5.55. The molecule has 1 heterocycles. The summed E-state index contributed by atoms with van der Waals surface area (Å²) in [6.07, 6.45) is 0.336. The number of carbonyl (C=O) groups is 1. The molecule has 2 aromatic rings. The summed E-state index contributed by atoms with van der Waals surface area (Å²) in [5.41, 5.74) is 1.85. The van der Waals surface area contributed by atoms with Gasteiger partial charge in [0, 0.05) is 6.42 Å². The zero-order valence-corrected chi connectivity index (χ0v) is 13.2. The molecule has 1 atom stereocenters. The summed E-state index contributed by atoms with van der Waals surface area (Å²) in [4.78, 5) is 11.3. The highest BCUT2D eigenvalue weighted by atomic mass is 35.5. The molecule has 6 heteroatoms. The molecular weight excluding hydrogens is 316 g/mol. The predicted molar refractivity (Wildman–Crippen MR) is 89.4 cm³/mol. The maximum atomic E-state index is 11.3. The quantitative estimate of drug-likeness (QED) is 0.927. The van der Waals surface area contributed by atoms with Gasteiger partial charge in [0.2, 0.25) is 0 Å². The van der Waals surface area contributed by atoms with Crippen LogP contribution in [-0.2, 0) is 4.79 Å². The molecule has 0 spiro atoms. The summed E-state index contributed by atoms with van der Waals surface area (Å²) < 4.78 is 5.15. The van der Waals surface area contributed by atoms with Crippen molar-refractivity contribution in [1.82, 2.24) is 0 Å². The maximum Gasteiger partial charge on any atom is 0.352 e. The van der Waals surface area contributed by atoms with Gasteiger partial charge in [-0.3, -0.25) is 5.01 Å². The van der Waals surface area contributed by atoms with E-state index in [1.54, 1.807) is 24.3 Å². The summed E-state index contributed by atoms with van der Waals surface area (Å²) in [5, 5.41) is 15.7. The Balaban J connectivity index is 2.01. The molecule has 0 unspecified atom stereocenters. The molecule has 0 amide bonds. The molecule has 0 saturated carbocycles. The Morgan fingerprint density at radius 2 is 2.04 bits per heavy atom. The molecule has 1 N–H and O–H groups in total. The first-order valence-corrected chi connectivity index (χ1v) is 7.46. The van der Waals surface area contributed by atoms with Crippen LogP contribution in [0.2, 0.25) is 5.02 Å². The topological polar surface area (TPSA) is 62.1 Å². The van der Waals surface area contributed by atoms with Crippen LogP contribution in [0.3, 0.4) is 0 Å². The van der Waals surface area contributed by atoms with Gasteiger partial charge in [0.25, 0.3) is 0 Å². The van der Waals surface area contributed by atoms with Crippen LogP contribution in [0.1, 0.15) is 18.0 Å². The van der Waals surface area contributed by atoms with E-state index in [0.717, 1.165) is 11.3 Å². The van der Waals surface area contributed by atoms with Gasteiger partial charge >= 0.3 is 5.97 Å². The third kappa shape index (κ3) is 3.00. The number of carboxylic acids is 1. The largest absolute Gasteiger partial charge is 0.495 e. The molecule has 0 radical (unpaired) electrons. The lowest BCUT2D eigenvalue weighted by Crippen LogP contribution is -2.18. The van der Waals surface area contributed by atoms with Gasteiger partial charge in [-0.15, -0.1) is 0 Å². The third-order valence-electron chi connectivity index (χ3n) is 3.74. The van der Waals surface area contributed by atoms with Gasteiger partial charge in [0.1, 0.15) is 11.5 Å². The molecule has 3 rings (SSSR count). The summed E-state index contributed by atoms with van der Waals surface area (Å²) in [6.45, 7) is 0. The molecule has 1 aliphatic rings. The molecule has 0 saturated heterocycles. The molecule has 0 aliphatic carbocycles. The van der Waals surface area contributed by atoms with E-state index in [1.165, 1.54) is 0 Å². The smallest absolute Gasteiger partial charge is 0.352 e. The SMILES string of the molecule is COc1ccc(N2N=C(C(=O)O)C[C@H]2c2ccccc2)cc1Cl. The van der Waals surface area contributed by atoms with E-state index in [1.807, 2.05) is 36.4 Å². The molecule has 0 aromatic heterocycles. The van der Waals surface area contributed by atoms with Gasteiger partial charge in [0.15, 0.2) is 0 Å². The number of methoxy groups -OCH3 is 1. The Bertz CT molecular complexity index is 762. The van der Waals surface area contributed by atoms with Gasteiger partial charge in [-0.2, -0.15) is 5.10 Å². The summed E-state index contributed by atoms with van der Waals surface area (Å²) in [7, 11) is 1.55. The zero-order chi connectivity index (χ0) is 16.4. The number of nitrogens with zero attached hydrogens (tertiary/aromatic N) is 2. The Kier molecular flexibility index (Phi) is 4.21. The molecule has 0 fully saturated rings. The van der Waals surface area contributed by atoms with Crippen molar-refractivity contribution in [3.8, 4) is 5.75 Å². The summed E-state index contributed by atoms with van der Waals surface area (Å²) >= 11 is 6.18. The number of hydrogen-bond acceptors (Lipinski definition) is 4. The highest BCUT2D eigenvalue weighted by molar-refractivity contribution is 6.36. The number of benzene rings is 2. The standard InChI is InChI=1S/C17H15ClN2O3/c1-23-16-8-7-12(9-13(16)18)20-15(10-14(19-20)17(21)22)11-5-3-2-4-6-11/h2-9,15H,10H2,1H3,(H,21,22)/t15-/m0/s1. The minimum Gasteiger partial charge on any atom is -0.495 e. The molecule has 5 nitrogen and oxygen atoms in total. The van der Waals surface area contributed by atoms with Crippen molar-refractivity contribution in [1.29, 1.82) is 0 Å². The van der Waals surface area contributed by atoms with E-state index in [0.29, 0.717) is 17.2 Å². The average Bonchev–Trinajstić information content (AvgIpc) is 3.01. The van der Waals surface area contributed by atoms with E-state index in [9.17, 15) is 9.90 Å². The molecule has 0 bridgehead atoms. The van der Waals surface area contributed by atoms with E-state index in [2.05, 4.69) is 5.10 Å². The monoisotopic (exact) mass is 330 g/mol.